The van der Waals surface area contributed by atoms with Crippen molar-refractivity contribution < 1.29 is 33.3 Å². The maximum absolute atomic E-state index is 14.4. The molecule has 10 heteroatoms. The van der Waals surface area contributed by atoms with Gasteiger partial charge >= 0.3 is 11.9 Å². The van der Waals surface area contributed by atoms with E-state index in [4.69, 9.17) is 23.7 Å². The summed E-state index contributed by atoms with van der Waals surface area (Å²) in [5, 5.41) is 0.724. The second-order valence-electron chi connectivity index (χ2n) is 9.72. The van der Waals surface area contributed by atoms with Gasteiger partial charge in [0.2, 0.25) is 0 Å². The molecule has 0 fully saturated rings. The van der Waals surface area contributed by atoms with Gasteiger partial charge in [-0.25, -0.2) is 9.59 Å². The molecule has 3 aromatic carbocycles. The molecule has 0 saturated carbocycles. The molecule has 0 bridgehead atoms. The minimum Gasteiger partial charge on any atom is -0.496 e. The summed E-state index contributed by atoms with van der Waals surface area (Å²) in [5.41, 5.74) is 2.27. The molecule has 5 rings (SSSR count). The molecule has 0 amide bonds. The van der Waals surface area contributed by atoms with Crippen LogP contribution in [0.5, 0.6) is 17.2 Å². The number of aromatic nitrogens is 2. The first-order valence-corrected chi connectivity index (χ1v) is 13.6. The number of fused-ring (bicyclic) bond motifs is 1. The van der Waals surface area contributed by atoms with Crippen molar-refractivity contribution in [3.63, 3.8) is 0 Å². The zero-order valence-corrected chi connectivity index (χ0v) is 24.9. The molecule has 5 aromatic rings. The largest absolute Gasteiger partial charge is 0.496 e. The number of nitrogens with zero attached hydrogens (tertiary/aromatic N) is 2. The van der Waals surface area contributed by atoms with Crippen LogP contribution in [0, 0.1) is 6.92 Å². The third-order valence-corrected chi connectivity index (χ3v) is 7.21. The van der Waals surface area contributed by atoms with E-state index >= 15 is 0 Å². The van der Waals surface area contributed by atoms with Crippen LogP contribution in [0.3, 0.4) is 0 Å². The van der Waals surface area contributed by atoms with Crippen LogP contribution in [0.1, 0.15) is 32.1 Å². The first kappa shape index (κ1) is 29.8. The lowest BCUT2D eigenvalue weighted by Crippen LogP contribution is -2.27. The molecule has 2 aromatic heterocycles. The van der Waals surface area contributed by atoms with E-state index in [1.807, 2.05) is 25.1 Å². The minimum atomic E-state index is -0.767. The summed E-state index contributed by atoms with van der Waals surface area (Å²) in [7, 11) is 5.57. The van der Waals surface area contributed by atoms with E-state index in [0.717, 1.165) is 5.56 Å². The molecule has 44 heavy (non-hydrogen) atoms. The number of methoxy groups -OCH3 is 4. The first-order valence-electron chi connectivity index (χ1n) is 13.6. The van der Waals surface area contributed by atoms with Crippen molar-refractivity contribution in [2.24, 2.45) is 0 Å². The molecule has 10 nitrogen and oxygen atoms in total. The molecule has 0 aliphatic rings. The third-order valence-electron chi connectivity index (χ3n) is 7.21. The predicted octanol–water partition coefficient (Wildman–Crippen LogP) is 5.53. The van der Waals surface area contributed by atoms with Gasteiger partial charge in [0, 0.05) is 17.3 Å². The van der Waals surface area contributed by atoms with Crippen LogP contribution in [-0.4, -0.2) is 49.9 Å². The number of rotatable bonds is 9. The van der Waals surface area contributed by atoms with Gasteiger partial charge in [-0.05, 0) is 78.5 Å². The highest BCUT2D eigenvalue weighted by Gasteiger charge is 2.27. The van der Waals surface area contributed by atoms with Crippen LogP contribution in [0.2, 0.25) is 0 Å². The van der Waals surface area contributed by atoms with E-state index in [0.29, 0.717) is 39.5 Å². The van der Waals surface area contributed by atoms with Crippen molar-refractivity contribution in [2.45, 2.75) is 13.5 Å². The van der Waals surface area contributed by atoms with E-state index in [2.05, 4.69) is 4.98 Å². The van der Waals surface area contributed by atoms with Crippen LogP contribution in [-0.2, 0) is 16.1 Å². The summed E-state index contributed by atoms with van der Waals surface area (Å²) < 4.78 is 28.6. The SMILES string of the molecule is COC(=O)c1cccc(-n2c(C(=O)OC)c(-c3cc(OC)c(C)c(OC)c3)c3ccc(OCc4ccccn4)cc3c2=O)c1. The second kappa shape index (κ2) is 12.7. The Kier molecular flexibility index (Phi) is 8.61. The number of hydrogen-bond acceptors (Lipinski definition) is 9. The number of esters is 2. The smallest absolute Gasteiger partial charge is 0.355 e. The number of ether oxygens (including phenoxy) is 5. The van der Waals surface area contributed by atoms with Gasteiger partial charge in [-0.2, -0.15) is 0 Å². The highest BCUT2D eigenvalue weighted by molar-refractivity contribution is 6.08. The summed E-state index contributed by atoms with van der Waals surface area (Å²) in [4.78, 5) is 44.7. The summed E-state index contributed by atoms with van der Waals surface area (Å²) >= 11 is 0. The number of benzene rings is 3. The van der Waals surface area contributed by atoms with Crippen molar-refractivity contribution in [3.8, 4) is 34.1 Å². The maximum Gasteiger partial charge on any atom is 0.355 e. The zero-order chi connectivity index (χ0) is 31.4. The quantitative estimate of drug-likeness (QED) is 0.203. The van der Waals surface area contributed by atoms with Gasteiger partial charge in [0.15, 0.2) is 0 Å². The number of carbonyl (C=O) groups is 2. The van der Waals surface area contributed by atoms with Gasteiger partial charge in [-0.15, -0.1) is 0 Å². The lowest BCUT2D eigenvalue weighted by molar-refractivity contribution is 0.0587. The molecule has 0 aliphatic heterocycles. The van der Waals surface area contributed by atoms with Gasteiger partial charge in [0.05, 0.1) is 50.8 Å². The van der Waals surface area contributed by atoms with Gasteiger partial charge < -0.3 is 23.7 Å². The fourth-order valence-corrected chi connectivity index (χ4v) is 5.06. The number of carbonyl (C=O) groups excluding carboxylic acids is 2. The van der Waals surface area contributed by atoms with Crippen LogP contribution in [0.4, 0.5) is 0 Å². The predicted molar refractivity (Wildman–Crippen MR) is 164 cm³/mol. The Morgan fingerprint density at radius 3 is 2.16 bits per heavy atom. The Morgan fingerprint density at radius 2 is 1.52 bits per heavy atom. The summed E-state index contributed by atoms with van der Waals surface area (Å²) in [6.07, 6.45) is 1.67. The Labute approximate surface area is 253 Å². The van der Waals surface area contributed by atoms with Gasteiger partial charge in [0.1, 0.15) is 29.5 Å². The number of pyridine rings is 2. The molecule has 0 spiro atoms. The normalized spacial score (nSPS) is 10.8. The minimum absolute atomic E-state index is 0.0536. The van der Waals surface area contributed by atoms with Crippen molar-refractivity contribution in [2.75, 3.05) is 28.4 Å². The van der Waals surface area contributed by atoms with E-state index in [-0.39, 0.29) is 28.9 Å². The third kappa shape index (κ3) is 5.57. The van der Waals surface area contributed by atoms with Crippen molar-refractivity contribution in [1.29, 1.82) is 0 Å². The first-order chi connectivity index (χ1) is 21.3. The standard InChI is InChI=1S/C34H30N2O8/c1-20-28(40-2)16-22(17-29(20)41-3)30-26-13-12-25(44-19-23-10-6-7-14-35-23)18-27(26)32(37)36(31(30)34(39)43-5)24-11-8-9-21(15-24)33(38)42-4/h6-18H,19H2,1-5H3. The van der Waals surface area contributed by atoms with Crippen molar-refractivity contribution in [1.82, 2.24) is 9.55 Å². The average Bonchev–Trinajstić information content (AvgIpc) is 3.07. The van der Waals surface area contributed by atoms with Crippen molar-refractivity contribution in [3.05, 3.63) is 112 Å². The second-order valence-corrected chi connectivity index (χ2v) is 9.72. The van der Waals surface area contributed by atoms with Crippen molar-refractivity contribution >= 4 is 22.7 Å². The monoisotopic (exact) mass is 594 g/mol. The number of hydrogen-bond donors (Lipinski definition) is 0. The maximum atomic E-state index is 14.4. The Morgan fingerprint density at radius 1 is 0.795 bits per heavy atom. The molecular formula is C34H30N2O8. The Hall–Kier alpha value is -5.64. The lowest BCUT2D eigenvalue weighted by atomic mass is 9.94. The molecule has 0 atom stereocenters. The lowest BCUT2D eigenvalue weighted by Gasteiger charge is -2.21. The molecule has 0 unspecified atom stereocenters. The summed E-state index contributed by atoms with van der Waals surface area (Å²) in [5.74, 6) is 0.0919. The summed E-state index contributed by atoms with van der Waals surface area (Å²) in [6, 6.07) is 20.4. The van der Waals surface area contributed by atoms with Crippen LogP contribution >= 0.6 is 0 Å². The van der Waals surface area contributed by atoms with Gasteiger partial charge in [0.25, 0.3) is 5.56 Å². The highest BCUT2D eigenvalue weighted by atomic mass is 16.5. The Balaban J connectivity index is 1.86. The van der Waals surface area contributed by atoms with Crippen LogP contribution < -0.4 is 19.8 Å². The highest BCUT2D eigenvalue weighted by Crippen LogP contribution is 2.40. The molecule has 224 valence electrons. The molecule has 0 saturated heterocycles. The fraction of sp³-hybridized carbons (Fsp3) is 0.176. The van der Waals surface area contributed by atoms with E-state index in [1.54, 1.807) is 54.7 Å². The molecule has 0 aliphatic carbocycles. The Bertz CT molecular complexity index is 1910. The molecule has 0 radical (unpaired) electrons. The topological polar surface area (TPSA) is 115 Å². The average molecular weight is 595 g/mol. The zero-order valence-electron chi connectivity index (χ0n) is 24.9. The van der Waals surface area contributed by atoms with E-state index in [1.165, 1.54) is 39.1 Å². The summed E-state index contributed by atoms with van der Waals surface area (Å²) in [6.45, 7) is 2.03. The van der Waals surface area contributed by atoms with Gasteiger partial charge in [-0.3, -0.25) is 14.3 Å². The molecule has 2 heterocycles. The fourth-order valence-electron chi connectivity index (χ4n) is 5.06. The van der Waals surface area contributed by atoms with E-state index in [9.17, 15) is 14.4 Å². The van der Waals surface area contributed by atoms with Gasteiger partial charge in [-0.1, -0.05) is 12.1 Å². The van der Waals surface area contributed by atoms with E-state index < -0.39 is 17.5 Å². The molecule has 0 N–H and O–H groups in total. The molecular weight excluding hydrogens is 564 g/mol. The van der Waals surface area contributed by atoms with Crippen LogP contribution in [0.25, 0.3) is 27.6 Å². The van der Waals surface area contributed by atoms with Crippen LogP contribution in [0.15, 0.2) is 83.8 Å².